The molecule has 0 aromatic carbocycles. The van der Waals surface area contributed by atoms with E-state index >= 15 is 0 Å². The number of ether oxygens (including phenoxy) is 5. The monoisotopic (exact) mass is 592 g/mol. The topological polar surface area (TPSA) is 152 Å². The molecule has 10 unspecified atom stereocenters. The van der Waals surface area contributed by atoms with E-state index in [1.807, 2.05) is 6.92 Å². The second-order valence-corrected chi connectivity index (χ2v) is 12.1. The van der Waals surface area contributed by atoms with Gasteiger partial charge in [0.05, 0.1) is 17.3 Å². The van der Waals surface area contributed by atoms with Crippen LogP contribution in [0.1, 0.15) is 81.1 Å². The predicted octanol–water partition coefficient (Wildman–Crippen LogP) is 3.35. The summed E-state index contributed by atoms with van der Waals surface area (Å²) in [6, 6.07) is 0. The molecule has 10 atom stereocenters. The van der Waals surface area contributed by atoms with Crippen LogP contribution in [-0.4, -0.2) is 71.1 Å². The average Bonchev–Trinajstić information content (AvgIpc) is 3.10. The fraction of sp³-hybridized carbons (Fsp3) is 0.710. The molecule has 0 spiro atoms. The van der Waals surface area contributed by atoms with Crippen molar-refractivity contribution in [2.45, 2.75) is 117 Å². The molecule has 0 bridgehead atoms. The second kappa shape index (κ2) is 12.6. The fourth-order valence-corrected chi connectivity index (χ4v) is 6.62. The van der Waals surface area contributed by atoms with E-state index in [9.17, 15) is 29.1 Å². The van der Waals surface area contributed by atoms with Crippen molar-refractivity contribution in [1.29, 1.82) is 0 Å². The zero-order valence-electron chi connectivity index (χ0n) is 25.8. The number of hydrogen-bond acceptors (Lipinski definition) is 11. The predicted molar refractivity (Wildman–Crippen MR) is 148 cm³/mol. The van der Waals surface area contributed by atoms with Crippen LogP contribution in [0.4, 0.5) is 0 Å². The summed E-state index contributed by atoms with van der Waals surface area (Å²) in [6.45, 7) is 16.4. The standard InChI is InChI=1S/C31H44O11/c1-10-15(2)28(35)41-24-14-22(38-19(6)32)17(4)13-25-31(37,18(5)29(36)42-25)27(40-21(8)34)26-16(3)11-12-23(30(24,26)9)39-20(7)33/h13,15,18,22-27,37H,3,10-12,14H2,1-2,4-9H3. The first-order valence-electron chi connectivity index (χ1n) is 14.5. The van der Waals surface area contributed by atoms with Crippen LogP contribution in [0.25, 0.3) is 0 Å². The summed E-state index contributed by atoms with van der Waals surface area (Å²) in [5.41, 5.74) is -2.52. The van der Waals surface area contributed by atoms with E-state index in [0.29, 0.717) is 30.4 Å². The highest BCUT2D eigenvalue weighted by Gasteiger charge is 2.68. The van der Waals surface area contributed by atoms with Crippen LogP contribution in [0.15, 0.2) is 23.8 Å². The third-order valence-corrected chi connectivity index (χ3v) is 9.26. The summed E-state index contributed by atoms with van der Waals surface area (Å²) in [5.74, 6) is -5.78. The van der Waals surface area contributed by atoms with E-state index in [0.717, 1.165) is 0 Å². The van der Waals surface area contributed by atoms with Gasteiger partial charge < -0.3 is 28.8 Å². The average molecular weight is 593 g/mol. The van der Waals surface area contributed by atoms with Gasteiger partial charge in [-0.15, -0.1) is 0 Å². The Labute approximate surface area is 246 Å². The second-order valence-electron chi connectivity index (χ2n) is 12.1. The lowest BCUT2D eigenvalue weighted by molar-refractivity contribution is -0.223. The molecule has 234 valence electrons. The maximum Gasteiger partial charge on any atom is 0.312 e. The third-order valence-electron chi connectivity index (χ3n) is 9.26. The van der Waals surface area contributed by atoms with Crippen molar-refractivity contribution < 1.29 is 52.8 Å². The molecule has 0 radical (unpaired) electrons. The summed E-state index contributed by atoms with van der Waals surface area (Å²) in [7, 11) is 0. The van der Waals surface area contributed by atoms with Crippen LogP contribution >= 0.6 is 0 Å². The minimum absolute atomic E-state index is 0.0520. The zero-order valence-corrected chi connectivity index (χ0v) is 25.8. The summed E-state index contributed by atoms with van der Waals surface area (Å²) >= 11 is 0. The van der Waals surface area contributed by atoms with Crippen LogP contribution in [0.5, 0.6) is 0 Å². The molecule has 2 fully saturated rings. The molecule has 1 heterocycles. The Hall–Kier alpha value is -3.21. The van der Waals surface area contributed by atoms with Gasteiger partial charge in [-0.05, 0) is 44.8 Å². The molecule has 1 aliphatic heterocycles. The van der Waals surface area contributed by atoms with E-state index in [1.165, 1.54) is 33.8 Å². The molecule has 3 aliphatic rings. The molecular weight excluding hydrogens is 548 g/mol. The van der Waals surface area contributed by atoms with Crippen LogP contribution in [-0.2, 0) is 47.7 Å². The molecule has 0 aromatic rings. The van der Waals surface area contributed by atoms with Crippen molar-refractivity contribution in [3.05, 3.63) is 23.8 Å². The smallest absolute Gasteiger partial charge is 0.312 e. The van der Waals surface area contributed by atoms with Crippen molar-refractivity contribution in [2.24, 2.45) is 23.2 Å². The van der Waals surface area contributed by atoms with E-state index in [-0.39, 0.29) is 6.42 Å². The van der Waals surface area contributed by atoms with Gasteiger partial charge in [0.25, 0.3) is 0 Å². The highest BCUT2D eigenvalue weighted by atomic mass is 16.6. The Morgan fingerprint density at radius 3 is 2.21 bits per heavy atom. The lowest BCUT2D eigenvalue weighted by Crippen LogP contribution is -2.66. The molecule has 2 aliphatic carbocycles. The van der Waals surface area contributed by atoms with Gasteiger partial charge in [0.1, 0.15) is 24.4 Å². The highest BCUT2D eigenvalue weighted by molar-refractivity contribution is 5.78. The number of carbonyl (C=O) groups is 5. The first kappa shape index (κ1) is 33.3. The lowest BCUT2D eigenvalue weighted by Gasteiger charge is -2.56. The number of fused-ring (bicyclic) bond motifs is 2. The number of hydrogen-bond donors (Lipinski definition) is 1. The molecule has 3 rings (SSSR count). The van der Waals surface area contributed by atoms with E-state index in [4.69, 9.17) is 23.7 Å². The first-order valence-corrected chi connectivity index (χ1v) is 14.5. The van der Waals surface area contributed by atoms with E-state index < -0.39 is 89.1 Å². The Morgan fingerprint density at radius 2 is 1.67 bits per heavy atom. The van der Waals surface area contributed by atoms with Crippen molar-refractivity contribution in [1.82, 2.24) is 0 Å². The summed E-state index contributed by atoms with van der Waals surface area (Å²) < 4.78 is 29.3. The van der Waals surface area contributed by atoms with Gasteiger partial charge in [-0.1, -0.05) is 32.9 Å². The number of carbonyl (C=O) groups excluding carboxylic acids is 5. The minimum atomic E-state index is -2.11. The van der Waals surface area contributed by atoms with Crippen molar-refractivity contribution in [2.75, 3.05) is 0 Å². The van der Waals surface area contributed by atoms with Gasteiger partial charge in [0.15, 0.2) is 11.7 Å². The largest absolute Gasteiger partial charge is 0.462 e. The number of esters is 5. The van der Waals surface area contributed by atoms with E-state index in [1.54, 1.807) is 20.8 Å². The summed E-state index contributed by atoms with van der Waals surface area (Å²) in [6.07, 6.45) is -3.09. The van der Waals surface area contributed by atoms with Crippen molar-refractivity contribution >= 4 is 29.8 Å². The maximum atomic E-state index is 13.4. The van der Waals surface area contributed by atoms with Crippen LogP contribution in [0.3, 0.4) is 0 Å². The molecular formula is C31H44O11. The SMILES string of the molecule is C=C1CCC(OC(C)=O)C2(C)C(OC(=O)C(C)CC)CC(OC(C)=O)C(C)=CC3OC(=O)C(C)C3(O)C(OC(C)=O)C12. The Balaban J connectivity index is 2.42. The third kappa shape index (κ3) is 6.11. The maximum absolute atomic E-state index is 13.4. The normalized spacial score (nSPS) is 37.2. The van der Waals surface area contributed by atoms with Gasteiger partial charge in [0, 0.05) is 33.1 Å². The molecule has 1 saturated heterocycles. The molecule has 1 N–H and O–H groups in total. The minimum Gasteiger partial charge on any atom is -0.462 e. The van der Waals surface area contributed by atoms with Gasteiger partial charge in [-0.25, -0.2) is 0 Å². The molecule has 0 amide bonds. The summed E-state index contributed by atoms with van der Waals surface area (Å²) in [4.78, 5) is 63.6. The Morgan fingerprint density at radius 1 is 1.07 bits per heavy atom. The molecule has 11 heteroatoms. The quantitative estimate of drug-likeness (QED) is 0.275. The number of aliphatic hydroxyl groups is 1. The van der Waals surface area contributed by atoms with Crippen molar-refractivity contribution in [3.8, 4) is 0 Å². The first-order chi connectivity index (χ1) is 19.5. The van der Waals surface area contributed by atoms with Gasteiger partial charge in [0.2, 0.25) is 0 Å². The number of rotatable bonds is 6. The highest BCUT2D eigenvalue weighted by Crippen LogP contribution is 2.56. The molecule has 42 heavy (non-hydrogen) atoms. The van der Waals surface area contributed by atoms with E-state index in [2.05, 4.69) is 6.58 Å². The zero-order chi connectivity index (χ0) is 31.7. The van der Waals surface area contributed by atoms with Crippen molar-refractivity contribution in [3.63, 3.8) is 0 Å². The molecule has 1 saturated carbocycles. The summed E-state index contributed by atoms with van der Waals surface area (Å²) in [5, 5.41) is 12.5. The van der Waals surface area contributed by atoms with Crippen LogP contribution in [0, 0.1) is 23.2 Å². The lowest BCUT2D eigenvalue weighted by atomic mass is 9.54. The van der Waals surface area contributed by atoms with Crippen LogP contribution < -0.4 is 0 Å². The molecule has 11 nitrogen and oxygen atoms in total. The Kier molecular flexibility index (Phi) is 9.96. The van der Waals surface area contributed by atoms with Gasteiger partial charge in [-0.3, -0.25) is 24.0 Å². The van der Waals surface area contributed by atoms with Gasteiger partial charge in [-0.2, -0.15) is 0 Å². The fourth-order valence-electron chi connectivity index (χ4n) is 6.62. The molecule has 0 aromatic heterocycles. The van der Waals surface area contributed by atoms with Crippen LogP contribution in [0.2, 0.25) is 0 Å². The van der Waals surface area contributed by atoms with Gasteiger partial charge >= 0.3 is 29.8 Å². The Bertz CT molecular complexity index is 1160.